The van der Waals surface area contributed by atoms with Gasteiger partial charge in [-0.15, -0.1) is 11.3 Å². The van der Waals surface area contributed by atoms with Crippen LogP contribution in [0.3, 0.4) is 0 Å². The van der Waals surface area contributed by atoms with Crippen LogP contribution in [0, 0.1) is 0 Å². The van der Waals surface area contributed by atoms with Gasteiger partial charge in [-0.2, -0.15) is 0 Å². The predicted octanol–water partition coefficient (Wildman–Crippen LogP) is 2.14. The average Bonchev–Trinajstić information content (AvgIpc) is 3.28. The van der Waals surface area contributed by atoms with Gasteiger partial charge in [0.1, 0.15) is 13.2 Å². The van der Waals surface area contributed by atoms with E-state index in [0.717, 1.165) is 17.0 Å². The van der Waals surface area contributed by atoms with E-state index in [1.54, 1.807) is 35.3 Å². The summed E-state index contributed by atoms with van der Waals surface area (Å²) < 4.78 is 16.3. The van der Waals surface area contributed by atoms with Crippen LogP contribution in [-0.4, -0.2) is 70.3 Å². The SMILES string of the molecule is COCCCNC(=O)CN(C)CC(=O)N(Cc1cccs1)c1ccc2c(c1)OCCO2. The van der Waals surface area contributed by atoms with Crippen LogP contribution in [0.2, 0.25) is 0 Å². The lowest BCUT2D eigenvalue weighted by molar-refractivity contribution is -0.123. The number of carbonyl (C=O) groups is 2. The number of fused-ring (bicyclic) bond motifs is 1. The summed E-state index contributed by atoms with van der Waals surface area (Å²) in [4.78, 5) is 29.8. The van der Waals surface area contributed by atoms with Gasteiger partial charge in [0.2, 0.25) is 11.8 Å². The molecule has 168 valence electrons. The van der Waals surface area contributed by atoms with Crippen molar-refractivity contribution in [3.63, 3.8) is 0 Å². The van der Waals surface area contributed by atoms with Crippen LogP contribution in [0.15, 0.2) is 35.7 Å². The van der Waals surface area contributed by atoms with Gasteiger partial charge in [0.15, 0.2) is 11.5 Å². The molecule has 9 heteroatoms. The summed E-state index contributed by atoms with van der Waals surface area (Å²) in [5.74, 6) is 1.10. The first kappa shape index (κ1) is 23.1. The van der Waals surface area contributed by atoms with Gasteiger partial charge in [0.05, 0.1) is 19.6 Å². The number of hydrogen-bond acceptors (Lipinski definition) is 7. The first-order chi connectivity index (χ1) is 15.1. The zero-order valence-electron chi connectivity index (χ0n) is 18.0. The molecule has 2 heterocycles. The molecule has 0 aliphatic carbocycles. The number of amides is 2. The van der Waals surface area contributed by atoms with Gasteiger partial charge < -0.3 is 24.4 Å². The second kappa shape index (κ2) is 11.7. The van der Waals surface area contributed by atoms with Crippen molar-refractivity contribution < 1.29 is 23.8 Å². The molecule has 0 saturated heterocycles. The first-order valence-corrected chi connectivity index (χ1v) is 11.1. The molecule has 2 amide bonds. The highest BCUT2D eigenvalue weighted by Gasteiger charge is 2.22. The molecular weight excluding hydrogens is 418 g/mol. The Kier molecular flexibility index (Phi) is 8.69. The number of methoxy groups -OCH3 is 1. The Balaban J connectivity index is 1.65. The van der Waals surface area contributed by atoms with E-state index in [4.69, 9.17) is 14.2 Å². The lowest BCUT2D eigenvalue weighted by Crippen LogP contribution is -2.42. The Hall–Kier alpha value is -2.62. The van der Waals surface area contributed by atoms with Gasteiger partial charge in [-0.3, -0.25) is 14.5 Å². The lowest BCUT2D eigenvalue weighted by Gasteiger charge is -2.27. The fourth-order valence-electron chi connectivity index (χ4n) is 3.20. The molecule has 0 fully saturated rings. The van der Waals surface area contributed by atoms with Crippen LogP contribution in [-0.2, 0) is 20.9 Å². The molecule has 0 atom stereocenters. The third-order valence-corrected chi connectivity index (χ3v) is 5.56. The highest BCUT2D eigenvalue weighted by Crippen LogP contribution is 2.34. The molecule has 1 aliphatic heterocycles. The van der Waals surface area contributed by atoms with Crippen LogP contribution >= 0.6 is 11.3 Å². The van der Waals surface area contributed by atoms with Crippen molar-refractivity contribution in [3.8, 4) is 11.5 Å². The maximum atomic E-state index is 13.2. The minimum absolute atomic E-state index is 0.0974. The number of anilines is 1. The molecule has 1 aromatic carbocycles. The topological polar surface area (TPSA) is 80.3 Å². The second-order valence-electron chi connectivity index (χ2n) is 7.26. The maximum absolute atomic E-state index is 13.2. The molecule has 8 nitrogen and oxygen atoms in total. The van der Waals surface area contributed by atoms with Crippen LogP contribution < -0.4 is 19.7 Å². The quantitative estimate of drug-likeness (QED) is 0.532. The van der Waals surface area contributed by atoms with E-state index in [1.807, 2.05) is 35.7 Å². The number of nitrogens with one attached hydrogen (secondary N) is 1. The van der Waals surface area contributed by atoms with Crippen molar-refractivity contribution in [2.24, 2.45) is 0 Å². The second-order valence-corrected chi connectivity index (χ2v) is 8.29. The van der Waals surface area contributed by atoms with Crippen molar-refractivity contribution in [2.45, 2.75) is 13.0 Å². The number of nitrogens with zero attached hydrogens (tertiary/aromatic N) is 2. The molecule has 0 spiro atoms. The fraction of sp³-hybridized carbons (Fsp3) is 0.455. The summed E-state index contributed by atoms with van der Waals surface area (Å²) in [5.41, 5.74) is 0.736. The zero-order chi connectivity index (χ0) is 22.1. The largest absolute Gasteiger partial charge is 0.486 e. The molecule has 0 bridgehead atoms. The zero-order valence-corrected chi connectivity index (χ0v) is 18.8. The Morgan fingerprint density at radius 3 is 2.71 bits per heavy atom. The van der Waals surface area contributed by atoms with Gasteiger partial charge in [-0.05, 0) is 37.0 Å². The van der Waals surface area contributed by atoms with Crippen LogP contribution in [0.25, 0.3) is 0 Å². The summed E-state index contributed by atoms with van der Waals surface area (Å²) in [5, 5.41) is 4.83. The molecule has 0 saturated carbocycles. The monoisotopic (exact) mass is 447 g/mol. The summed E-state index contributed by atoms with van der Waals surface area (Å²) in [6, 6.07) is 9.49. The average molecular weight is 448 g/mol. The van der Waals surface area contributed by atoms with E-state index in [0.29, 0.717) is 44.4 Å². The van der Waals surface area contributed by atoms with Crippen molar-refractivity contribution in [1.29, 1.82) is 0 Å². The summed E-state index contributed by atoms with van der Waals surface area (Å²) >= 11 is 1.60. The Bertz CT molecular complexity index is 859. The minimum atomic E-state index is -0.115. The summed E-state index contributed by atoms with van der Waals surface area (Å²) in [6.07, 6.45) is 0.754. The van der Waals surface area contributed by atoms with E-state index >= 15 is 0 Å². The number of hydrogen-bond donors (Lipinski definition) is 1. The smallest absolute Gasteiger partial charge is 0.241 e. The van der Waals surface area contributed by atoms with Crippen molar-refractivity contribution >= 4 is 28.8 Å². The van der Waals surface area contributed by atoms with Crippen LogP contribution in [0.1, 0.15) is 11.3 Å². The third-order valence-electron chi connectivity index (χ3n) is 4.70. The molecular formula is C22H29N3O5S. The summed E-state index contributed by atoms with van der Waals surface area (Å²) in [6.45, 7) is 2.86. The fourth-order valence-corrected chi connectivity index (χ4v) is 3.89. The lowest BCUT2D eigenvalue weighted by atomic mass is 10.2. The molecule has 3 rings (SSSR count). The molecule has 1 N–H and O–H groups in total. The summed E-state index contributed by atoms with van der Waals surface area (Å²) in [7, 11) is 3.39. The first-order valence-electron chi connectivity index (χ1n) is 10.2. The molecule has 0 unspecified atom stereocenters. The molecule has 0 radical (unpaired) electrons. The Labute approximate surface area is 186 Å². The normalized spacial score (nSPS) is 12.6. The molecule has 1 aromatic heterocycles. The predicted molar refractivity (Wildman–Crippen MR) is 120 cm³/mol. The van der Waals surface area contributed by atoms with Gasteiger partial charge in [0, 0.05) is 36.9 Å². The standard InChI is InChI=1S/C22H29N3O5S/c1-24(15-21(26)23-8-4-9-28-2)16-22(27)25(14-18-5-3-12-31-18)17-6-7-19-20(13-17)30-11-10-29-19/h3,5-7,12-13H,4,8-11,14-16H2,1-2H3,(H,23,26). The Morgan fingerprint density at radius 2 is 1.97 bits per heavy atom. The number of rotatable bonds is 11. The van der Waals surface area contributed by atoms with Gasteiger partial charge in [-0.25, -0.2) is 0 Å². The van der Waals surface area contributed by atoms with E-state index in [-0.39, 0.29) is 24.9 Å². The Morgan fingerprint density at radius 1 is 1.16 bits per heavy atom. The minimum Gasteiger partial charge on any atom is -0.486 e. The third kappa shape index (κ3) is 6.95. The number of ether oxygens (including phenoxy) is 3. The van der Waals surface area contributed by atoms with Crippen molar-refractivity contribution in [2.75, 3.05) is 58.5 Å². The van der Waals surface area contributed by atoms with E-state index in [2.05, 4.69) is 5.32 Å². The van der Waals surface area contributed by atoms with Gasteiger partial charge >= 0.3 is 0 Å². The number of likely N-dealkylation sites (N-methyl/N-ethyl adjacent to an activating group) is 1. The molecule has 2 aromatic rings. The highest BCUT2D eigenvalue weighted by atomic mass is 32.1. The van der Waals surface area contributed by atoms with Crippen molar-refractivity contribution in [3.05, 3.63) is 40.6 Å². The van der Waals surface area contributed by atoms with E-state index in [9.17, 15) is 9.59 Å². The van der Waals surface area contributed by atoms with E-state index < -0.39 is 0 Å². The highest BCUT2D eigenvalue weighted by molar-refractivity contribution is 7.09. The number of thiophene rings is 1. The van der Waals surface area contributed by atoms with Crippen LogP contribution in [0.4, 0.5) is 5.69 Å². The molecule has 1 aliphatic rings. The van der Waals surface area contributed by atoms with E-state index in [1.165, 1.54) is 0 Å². The van der Waals surface area contributed by atoms with Gasteiger partial charge in [-0.1, -0.05) is 6.07 Å². The number of carbonyl (C=O) groups excluding carboxylic acids is 2. The molecule has 31 heavy (non-hydrogen) atoms. The van der Waals surface area contributed by atoms with Crippen LogP contribution in [0.5, 0.6) is 11.5 Å². The van der Waals surface area contributed by atoms with Crippen molar-refractivity contribution in [1.82, 2.24) is 10.2 Å². The number of benzene rings is 1. The van der Waals surface area contributed by atoms with Gasteiger partial charge in [0.25, 0.3) is 0 Å². The maximum Gasteiger partial charge on any atom is 0.241 e.